The number of rotatable bonds is 3. The Morgan fingerprint density at radius 2 is 2.16 bits per heavy atom. The number of nitrogens with zero attached hydrogens (tertiary/aromatic N) is 1. The summed E-state index contributed by atoms with van der Waals surface area (Å²) in [5, 5.41) is 13.6. The Labute approximate surface area is 117 Å². The van der Waals surface area contributed by atoms with Crippen LogP contribution in [0.25, 0.3) is 0 Å². The fourth-order valence-corrected chi connectivity index (χ4v) is 4.29. The molecule has 1 aromatic heterocycles. The van der Waals surface area contributed by atoms with Crippen LogP contribution in [0.1, 0.15) is 44.5 Å². The van der Waals surface area contributed by atoms with Crippen LogP contribution in [0.4, 0.5) is 0 Å². The van der Waals surface area contributed by atoms with Gasteiger partial charge >= 0.3 is 5.97 Å². The molecule has 0 amide bonds. The molecule has 0 bridgehead atoms. The van der Waals surface area contributed by atoms with E-state index in [-0.39, 0.29) is 11.8 Å². The smallest absolute Gasteiger partial charge is 0.338 e. The average molecular weight is 283 g/mol. The standard InChI is InChI=1S/C14H21NO3S/c1-4-18-13(16)14(17)7-9(2)11(10(3)8-14)12-15-5-6-19-12/h5-6,9-11,17H,4,7-8H2,1-3H3. The molecule has 2 atom stereocenters. The van der Waals surface area contributed by atoms with Crippen molar-refractivity contribution < 1.29 is 14.6 Å². The number of esters is 1. The summed E-state index contributed by atoms with van der Waals surface area (Å²) in [7, 11) is 0. The number of carbonyl (C=O) groups is 1. The zero-order valence-electron chi connectivity index (χ0n) is 11.6. The highest BCUT2D eigenvalue weighted by Gasteiger charge is 2.48. The predicted molar refractivity (Wildman–Crippen MR) is 74.0 cm³/mol. The molecule has 1 aliphatic carbocycles. The number of aliphatic hydroxyl groups is 1. The van der Waals surface area contributed by atoms with Crippen LogP contribution in [0, 0.1) is 11.8 Å². The molecular weight excluding hydrogens is 262 g/mol. The molecule has 1 aromatic rings. The van der Waals surface area contributed by atoms with Gasteiger partial charge in [0.05, 0.1) is 11.6 Å². The van der Waals surface area contributed by atoms with Crippen molar-refractivity contribution in [1.82, 2.24) is 4.98 Å². The zero-order chi connectivity index (χ0) is 14.0. The van der Waals surface area contributed by atoms with Crippen LogP contribution in [-0.4, -0.2) is 28.3 Å². The second-order valence-electron chi connectivity index (χ2n) is 5.51. The Hall–Kier alpha value is -0.940. The summed E-state index contributed by atoms with van der Waals surface area (Å²) in [6, 6.07) is 0. The van der Waals surface area contributed by atoms with E-state index >= 15 is 0 Å². The molecule has 0 saturated heterocycles. The maximum absolute atomic E-state index is 11.9. The lowest BCUT2D eigenvalue weighted by Gasteiger charge is -2.41. The molecule has 0 spiro atoms. The van der Waals surface area contributed by atoms with E-state index in [9.17, 15) is 9.90 Å². The lowest BCUT2D eigenvalue weighted by atomic mass is 9.67. The Bertz CT molecular complexity index is 420. The first-order chi connectivity index (χ1) is 8.98. The molecule has 0 aromatic carbocycles. The van der Waals surface area contributed by atoms with E-state index in [1.165, 1.54) is 0 Å². The summed E-state index contributed by atoms with van der Waals surface area (Å²) in [4.78, 5) is 16.3. The molecule has 19 heavy (non-hydrogen) atoms. The summed E-state index contributed by atoms with van der Waals surface area (Å²) in [5.74, 6) is 0.259. The Kier molecular flexibility index (Phi) is 4.26. The first kappa shape index (κ1) is 14.5. The van der Waals surface area contributed by atoms with E-state index in [2.05, 4.69) is 18.8 Å². The SMILES string of the molecule is CCOC(=O)C1(O)CC(C)C(c2nccs2)C(C)C1. The van der Waals surface area contributed by atoms with Gasteiger partial charge in [0.2, 0.25) is 0 Å². The van der Waals surface area contributed by atoms with Crippen LogP contribution in [0.15, 0.2) is 11.6 Å². The average Bonchev–Trinajstić information content (AvgIpc) is 2.81. The minimum absolute atomic E-state index is 0.212. The van der Waals surface area contributed by atoms with Crippen LogP contribution < -0.4 is 0 Å². The van der Waals surface area contributed by atoms with Crippen molar-refractivity contribution in [2.24, 2.45) is 11.8 Å². The Morgan fingerprint density at radius 1 is 1.53 bits per heavy atom. The third kappa shape index (κ3) is 2.82. The number of hydrogen-bond acceptors (Lipinski definition) is 5. The minimum atomic E-state index is -1.33. The fraction of sp³-hybridized carbons (Fsp3) is 0.714. The third-order valence-electron chi connectivity index (χ3n) is 3.94. The molecule has 4 nitrogen and oxygen atoms in total. The molecule has 2 rings (SSSR count). The normalized spacial score (nSPS) is 35.1. The molecule has 2 unspecified atom stereocenters. The highest BCUT2D eigenvalue weighted by Crippen LogP contribution is 2.46. The molecule has 1 saturated carbocycles. The van der Waals surface area contributed by atoms with Crippen molar-refractivity contribution in [2.45, 2.75) is 45.1 Å². The number of hydrogen-bond donors (Lipinski definition) is 1. The van der Waals surface area contributed by atoms with Gasteiger partial charge in [-0.15, -0.1) is 11.3 Å². The summed E-state index contributed by atoms with van der Waals surface area (Å²) >= 11 is 1.65. The van der Waals surface area contributed by atoms with Crippen molar-refractivity contribution in [3.63, 3.8) is 0 Å². The first-order valence-corrected chi connectivity index (χ1v) is 7.65. The van der Waals surface area contributed by atoms with Gasteiger partial charge in [0, 0.05) is 17.5 Å². The van der Waals surface area contributed by atoms with Gasteiger partial charge in [-0.25, -0.2) is 9.78 Å². The van der Waals surface area contributed by atoms with Crippen molar-refractivity contribution in [3.05, 3.63) is 16.6 Å². The Morgan fingerprint density at radius 3 is 2.63 bits per heavy atom. The minimum Gasteiger partial charge on any atom is -0.464 e. The molecule has 0 aliphatic heterocycles. The number of carbonyl (C=O) groups excluding carboxylic acids is 1. The number of aromatic nitrogens is 1. The van der Waals surface area contributed by atoms with Gasteiger partial charge in [0.25, 0.3) is 0 Å². The molecular formula is C14H21NO3S. The summed E-state index contributed by atoms with van der Waals surface area (Å²) < 4.78 is 5.01. The largest absolute Gasteiger partial charge is 0.464 e. The molecule has 1 aliphatic rings. The van der Waals surface area contributed by atoms with Crippen molar-refractivity contribution in [1.29, 1.82) is 0 Å². The van der Waals surface area contributed by atoms with Gasteiger partial charge in [0.1, 0.15) is 0 Å². The summed E-state index contributed by atoms with van der Waals surface area (Å²) in [5.41, 5.74) is -1.33. The first-order valence-electron chi connectivity index (χ1n) is 6.77. The van der Waals surface area contributed by atoms with Gasteiger partial charge in [-0.3, -0.25) is 0 Å². The molecule has 1 fully saturated rings. The fourth-order valence-electron chi connectivity index (χ4n) is 3.28. The van der Waals surface area contributed by atoms with Crippen molar-refractivity contribution in [2.75, 3.05) is 6.61 Å². The van der Waals surface area contributed by atoms with Crippen molar-refractivity contribution in [3.8, 4) is 0 Å². The van der Waals surface area contributed by atoms with Gasteiger partial charge in [-0.2, -0.15) is 0 Å². The topological polar surface area (TPSA) is 59.4 Å². The highest BCUT2D eigenvalue weighted by atomic mass is 32.1. The second-order valence-corrected chi connectivity index (χ2v) is 6.44. The van der Waals surface area contributed by atoms with Crippen LogP contribution in [0.2, 0.25) is 0 Å². The molecule has 1 heterocycles. The Balaban J connectivity index is 2.16. The molecule has 5 heteroatoms. The van der Waals surface area contributed by atoms with Gasteiger partial charge in [-0.05, 0) is 31.6 Å². The van der Waals surface area contributed by atoms with E-state index < -0.39 is 11.6 Å². The summed E-state index contributed by atoms with van der Waals surface area (Å²) in [6.45, 7) is 6.22. The molecule has 1 N–H and O–H groups in total. The molecule has 106 valence electrons. The third-order valence-corrected chi connectivity index (χ3v) is 4.81. The van der Waals surface area contributed by atoms with Gasteiger partial charge in [0.15, 0.2) is 5.60 Å². The van der Waals surface area contributed by atoms with E-state index in [4.69, 9.17) is 4.74 Å². The van der Waals surface area contributed by atoms with Crippen LogP contribution >= 0.6 is 11.3 Å². The number of thiazole rings is 1. The summed E-state index contributed by atoms with van der Waals surface area (Å²) in [6.07, 6.45) is 2.70. The quantitative estimate of drug-likeness (QED) is 0.866. The van der Waals surface area contributed by atoms with Crippen LogP contribution in [0.3, 0.4) is 0 Å². The lowest BCUT2D eigenvalue weighted by molar-refractivity contribution is -0.172. The van der Waals surface area contributed by atoms with E-state index in [1.807, 2.05) is 11.6 Å². The predicted octanol–water partition coefficient (Wildman–Crippen LogP) is 2.59. The van der Waals surface area contributed by atoms with Gasteiger partial charge in [-0.1, -0.05) is 13.8 Å². The van der Waals surface area contributed by atoms with Gasteiger partial charge < -0.3 is 9.84 Å². The zero-order valence-corrected chi connectivity index (χ0v) is 12.4. The monoisotopic (exact) mass is 283 g/mol. The molecule has 0 radical (unpaired) electrons. The van der Waals surface area contributed by atoms with E-state index in [0.29, 0.717) is 25.4 Å². The van der Waals surface area contributed by atoms with Crippen molar-refractivity contribution >= 4 is 17.3 Å². The highest BCUT2D eigenvalue weighted by molar-refractivity contribution is 7.09. The number of ether oxygens (including phenoxy) is 1. The maximum atomic E-state index is 11.9. The lowest BCUT2D eigenvalue weighted by Crippen LogP contribution is -2.48. The van der Waals surface area contributed by atoms with E-state index in [1.54, 1.807) is 18.3 Å². The van der Waals surface area contributed by atoms with Crippen LogP contribution in [-0.2, 0) is 9.53 Å². The van der Waals surface area contributed by atoms with Crippen LogP contribution in [0.5, 0.6) is 0 Å². The maximum Gasteiger partial charge on any atom is 0.338 e. The second kappa shape index (κ2) is 5.59. The van der Waals surface area contributed by atoms with E-state index in [0.717, 1.165) is 5.01 Å².